The van der Waals surface area contributed by atoms with Gasteiger partial charge in [0.25, 0.3) is 0 Å². The average molecular weight is 242 g/mol. The lowest BCUT2D eigenvalue weighted by atomic mass is 10.1. The molecule has 1 aliphatic heterocycles. The molecule has 0 atom stereocenters. The molecule has 1 aliphatic rings. The monoisotopic (exact) mass is 242 g/mol. The maximum Gasteiger partial charge on any atom is 0.128 e. The van der Waals surface area contributed by atoms with Crippen LogP contribution in [0, 0.1) is 6.92 Å². The van der Waals surface area contributed by atoms with Gasteiger partial charge in [-0.05, 0) is 30.2 Å². The second kappa shape index (κ2) is 4.46. The summed E-state index contributed by atoms with van der Waals surface area (Å²) in [5.74, 6) is 1.14. The van der Waals surface area contributed by atoms with Crippen LogP contribution in [0.3, 0.4) is 0 Å². The number of rotatable bonds is 2. The van der Waals surface area contributed by atoms with E-state index in [0.29, 0.717) is 6.54 Å². The predicted molar refractivity (Wildman–Crippen MR) is 72.3 cm³/mol. The van der Waals surface area contributed by atoms with E-state index < -0.39 is 0 Å². The minimum absolute atomic E-state index is 0.608. The first kappa shape index (κ1) is 11.3. The molecule has 4 nitrogen and oxygen atoms in total. The molecule has 0 saturated heterocycles. The molecule has 2 N–H and O–H groups in total. The molecule has 0 bridgehead atoms. The molecule has 4 heteroatoms. The van der Waals surface area contributed by atoms with Gasteiger partial charge in [0.1, 0.15) is 5.82 Å². The fourth-order valence-corrected chi connectivity index (χ4v) is 2.50. The molecule has 0 fully saturated rings. The highest BCUT2D eigenvalue weighted by Crippen LogP contribution is 2.22. The van der Waals surface area contributed by atoms with Gasteiger partial charge in [-0.2, -0.15) is 0 Å². The zero-order valence-electron chi connectivity index (χ0n) is 10.6. The van der Waals surface area contributed by atoms with Crippen LogP contribution < -0.4 is 10.6 Å². The van der Waals surface area contributed by atoms with Crippen LogP contribution in [0.2, 0.25) is 0 Å². The van der Waals surface area contributed by atoms with Crippen molar-refractivity contribution in [1.29, 1.82) is 0 Å². The van der Waals surface area contributed by atoms with Crippen molar-refractivity contribution >= 4 is 5.69 Å². The Kier molecular flexibility index (Phi) is 2.80. The van der Waals surface area contributed by atoms with E-state index in [9.17, 15) is 0 Å². The molecule has 1 aromatic carbocycles. The van der Waals surface area contributed by atoms with E-state index in [1.54, 1.807) is 0 Å². The molecule has 2 heterocycles. The molecule has 2 aromatic rings. The number of imidazole rings is 1. The van der Waals surface area contributed by atoms with Gasteiger partial charge >= 0.3 is 0 Å². The summed E-state index contributed by atoms with van der Waals surface area (Å²) in [5.41, 5.74) is 9.45. The predicted octanol–water partition coefficient (Wildman–Crippen LogP) is 1.67. The standard InChI is InChI=1S/C14H18N4/c1-11-8-13(3-2-12(11)9-15)18-7-6-17-5-4-16-14(17)10-18/h2-5,8H,6-7,9-10,15H2,1H3. The van der Waals surface area contributed by atoms with Crippen LogP contribution >= 0.6 is 0 Å². The van der Waals surface area contributed by atoms with Crippen LogP contribution in [0.5, 0.6) is 0 Å². The topological polar surface area (TPSA) is 47.1 Å². The van der Waals surface area contributed by atoms with E-state index in [1.807, 2.05) is 6.20 Å². The smallest absolute Gasteiger partial charge is 0.128 e. The van der Waals surface area contributed by atoms with Crippen molar-refractivity contribution in [2.24, 2.45) is 5.73 Å². The van der Waals surface area contributed by atoms with E-state index in [1.165, 1.54) is 16.8 Å². The molecule has 3 rings (SSSR count). The van der Waals surface area contributed by atoms with Gasteiger partial charge in [-0.25, -0.2) is 4.98 Å². The van der Waals surface area contributed by atoms with E-state index >= 15 is 0 Å². The summed E-state index contributed by atoms with van der Waals surface area (Å²) in [7, 11) is 0. The Balaban J connectivity index is 1.86. The average Bonchev–Trinajstić information content (AvgIpc) is 2.85. The van der Waals surface area contributed by atoms with Crippen molar-refractivity contribution in [2.75, 3.05) is 11.4 Å². The van der Waals surface area contributed by atoms with Crippen LogP contribution in [-0.2, 0) is 19.6 Å². The first-order valence-electron chi connectivity index (χ1n) is 6.32. The lowest BCUT2D eigenvalue weighted by molar-refractivity contribution is 0.560. The van der Waals surface area contributed by atoms with E-state index in [-0.39, 0.29) is 0 Å². The van der Waals surface area contributed by atoms with Crippen molar-refractivity contribution in [3.63, 3.8) is 0 Å². The number of anilines is 1. The van der Waals surface area contributed by atoms with Crippen LogP contribution in [0.15, 0.2) is 30.6 Å². The summed E-state index contributed by atoms with van der Waals surface area (Å²) in [4.78, 5) is 6.76. The maximum atomic E-state index is 5.70. The number of aryl methyl sites for hydroxylation is 1. The van der Waals surface area contributed by atoms with Crippen molar-refractivity contribution in [3.05, 3.63) is 47.5 Å². The van der Waals surface area contributed by atoms with Gasteiger partial charge in [0.2, 0.25) is 0 Å². The number of fused-ring (bicyclic) bond motifs is 1. The van der Waals surface area contributed by atoms with Crippen LogP contribution in [0.4, 0.5) is 5.69 Å². The summed E-state index contributed by atoms with van der Waals surface area (Å²) in [5, 5.41) is 0. The SMILES string of the molecule is Cc1cc(N2CCn3ccnc3C2)ccc1CN. The molecule has 94 valence electrons. The quantitative estimate of drug-likeness (QED) is 0.871. The van der Waals surface area contributed by atoms with Gasteiger partial charge in [-0.1, -0.05) is 6.07 Å². The first-order chi connectivity index (χ1) is 8.78. The minimum Gasteiger partial charge on any atom is -0.362 e. The molecule has 0 aliphatic carbocycles. The number of benzene rings is 1. The third kappa shape index (κ3) is 1.88. The van der Waals surface area contributed by atoms with Crippen molar-refractivity contribution < 1.29 is 0 Å². The second-order valence-corrected chi connectivity index (χ2v) is 4.77. The van der Waals surface area contributed by atoms with Gasteiger partial charge in [-0.3, -0.25) is 0 Å². The Morgan fingerprint density at radius 2 is 2.22 bits per heavy atom. The number of aromatic nitrogens is 2. The van der Waals surface area contributed by atoms with Crippen molar-refractivity contribution in [3.8, 4) is 0 Å². The Morgan fingerprint density at radius 1 is 1.33 bits per heavy atom. The lowest BCUT2D eigenvalue weighted by Gasteiger charge is -2.30. The van der Waals surface area contributed by atoms with Crippen LogP contribution in [-0.4, -0.2) is 16.1 Å². The molecule has 0 saturated carbocycles. The number of nitrogens with two attached hydrogens (primary N) is 1. The summed E-state index contributed by atoms with van der Waals surface area (Å²) < 4.78 is 2.22. The van der Waals surface area contributed by atoms with Gasteiger partial charge < -0.3 is 15.2 Å². The number of hydrogen-bond acceptors (Lipinski definition) is 3. The maximum absolute atomic E-state index is 5.70. The molecule has 0 amide bonds. The summed E-state index contributed by atoms with van der Waals surface area (Å²) >= 11 is 0. The Hall–Kier alpha value is -1.81. The normalized spacial score (nSPS) is 14.7. The molecular weight excluding hydrogens is 224 g/mol. The fourth-order valence-electron chi connectivity index (χ4n) is 2.50. The van der Waals surface area contributed by atoms with Gasteiger partial charge in [0.15, 0.2) is 0 Å². The fraction of sp³-hybridized carbons (Fsp3) is 0.357. The lowest BCUT2D eigenvalue weighted by Crippen LogP contribution is -2.33. The molecule has 0 unspecified atom stereocenters. The van der Waals surface area contributed by atoms with E-state index in [4.69, 9.17) is 5.73 Å². The molecule has 0 spiro atoms. The largest absolute Gasteiger partial charge is 0.362 e. The number of hydrogen-bond donors (Lipinski definition) is 1. The molecule has 1 aromatic heterocycles. The zero-order chi connectivity index (χ0) is 12.5. The summed E-state index contributed by atoms with van der Waals surface area (Å²) in [6, 6.07) is 6.51. The van der Waals surface area contributed by atoms with Gasteiger partial charge in [-0.15, -0.1) is 0 Å². The van der Waals surface area contributed by atoms with Crippen molar-refractivity contribution in [2.45, 2.75) is 26.6 Å². The molecular formula is C14H18N4. The molecule has 0 radical (unpaired) electrons. The van der Waals surface area contributed by atoms with Crippen LogP contribution in [0.25, 0.3) is 0 Å². The van der Waals surface area contributed by atoms with E-state index in [0.717, 1.165) is 25.5 Å². The minimum atomic E-state index is 0.608. The number of nitrogens with zero attached hydrogens (tertiary/aromatic N) is 3. The molecule has 18 heavy (non-hydrogen) atoms. The van der Waals surface area contributed by atoms with Crippen LogP contribution in [0.1, 0.15) is 17.0 Å². The zero-order valence-corrected chi connectivity index (χ0v) is 10.6. The Morgan fingerprint density at radius 3 is 3.00 bits per heavy atom. The second-order valence-electron chi connectivity index (χ2n) is 4.77. The van der Waals surface area contributed by atoms with Crippen molar-refractivity contribution in [1.82, 2.24) is 9.55 Å². The van der Waals surface area contributed by atoms with Gasteiger partial charge in [0, 0.05) is 37.7 Å². The Labute approximate surface area is 107 Å². The van der Waals surface area contributed by atoms with Gasteiger partial charge in [0.05, 0.1) is 6.54 Å². The highest BCUT2D eigenvalue weighted by molar-refractivity contribution is 5.51. The third-order valence-corrected chi connectivity index (χ3v) is 3.66. The summed E-state index contributed by atoms with van der Waals surface area (Å²) in [6.07, 6.45) is 3.93. The highest BCUT2D eigenvalue weighted by atomic mass is 15.2. The first-order valence-corrected chi connectivity index (χ1v) is 6.32. The highest BCUT2D eigenvalue weighted by Gasteiger charge is 2.17. The Bertz CT molecular complexity index is 559. The third-order valence-electron chi connectivity index (χ3n) is 3.66. The summed E-state index contributed by atoms with van der Waals surface area (Å²) in [6.45, 7) is 5.65. The van der Waals surface area contributed by atoms with E-state index in [2.05, 4.69) is 45.8 Å².